The fourth-order valence-corrected chi connectivity index (χ4v) is 2.36. The van der Waals surface area contributed by atoms with Crippen molar-refractivity contribution >= 4 is 5.91 Å². The standard InChI is InChI=1S/C18H19N3O3/c1-3-23-17-9-8-16(24-17)18(22)20-12-14-4-6-15(7-5-14)21-11-10-19-13(21)2/h4-11H,3,12H2,1-2H3,(H,20,22). The normalized spacial score (nSPS) is 10.6. The van der Waals surface area contributed by atoms with Gasteiger partial charge in [-0.05, 0) is 37.6 Å². The Labute approximate surface area is 140 Å². The van der Waals surface area contributed by atoms with E-state index < -0.39 is 0 Å². The minimum Gasteiger partial charge on any atom is -0.465 e. The number of amides is 1. The highest BCUT2D eigenvalue weighted by Gasteiger charge is 2.11. The van der Waals surface area contributed by atoms with E-state index in [4.69, 9.17) is 9.15 Å². The molecule has 2 heterocycles. The van der Waals surface area contributed by atoms with Crippen molar-refractivity contribution in [3.8, 4) is 11.6 Å². The van der Waals surface area contributed by atoms with Gasteiger partial charge in [-0.3, -0.25) is 4.79 Å². The maximum absolute atomic E-state index is 12.1. The van der Waals surface area contributed by atoms with E-state index in [1.54, 1.807) is 18.3 Å². The zero-order valence-corrected chi connectivity index (χ0v) is 13.7. The monoisotopic (exact) mass is 325 g/mol. The molecule has 0 aliphatic rings. The van der Waals surface area contributed by atoms with Crippen molar-refractivity contribution in [2.45, 2.75) is 20.4 Å². The van der Waals surface area contributed by atoms with E-state index in [0.717, 1.165) is 17.1 Å². The van der Waals surface area contributed by atoms with Gasteiger partial charge in [0, 0.05) is 30.7 Å². The maximum atomic E-state index is 12.1. The van der Waals surface area contributed by atoms with Crippen molar-refractivity contribution in [1.82, 2.24) is 14.9 Å². The molecular weight excluding hydrogens is 306 g/mol. The van der Waals surface area contributed by atoms with Crippen molar-refractivity contribution in [3.63, 3.8) is 0 Å². The second-order valence-electron chi connectivity index (χ2n) is 5.25. The minimum absolute atomic E-state index is 0.240. The molecule has 6 nitrogen and oxygen atoms in total. The predicted octanol–water partition coefficient (Wildman–Crippen LogP) is 3.10. The first-order valence-electron chi connectivity index (χ1n) is 7.77. The number of nitrogens with zero attached hydrogens (tertiary/aromatic N) is 2. The van der Waals surface area contributed by atoms with Gasteiger partial charge in [0.25, 0.3) is 11.9 Å². The number of aromatic nitrogens is 2. The van der Waals surface area contributed by atoms with Gasteiger partial charge in [-0.15, -0.1) is 0 Å². The summed E-state index contributed by atoms with van der Waals surface area (Å²) in [5, 5.41) is 2.83. The summed E-state index contributed by atoms with van der Waals surface area (Å²) < 4.78 is 12.5. The molecule has 2 aromatic heterocycles. The quantitative estimate of drug-likeness (QED) is 0.756. The number of furan rings is 1. The second-order valence-corrected chi connectivity index (χ2v) is 5.25. The van der Waals surface area contributed by atoms with Crippen LogP contribution in [-0.4, -0.2) is 22.1 Å². The van der Waals surface area contributed by atoms with E-state index in [9.17, 15) is 4.79 Å². The summed E-state index contributed by atoms with van der Waals surface area (Å²) in [5.41, 5.74) is 2.04. The fraction of sp³-hybridized carbons (Fsp3) is 0.222. The van der Waals surface area contributed by atoms with Gasteiger partial charge in [0.1, 0.15) is 5.82 Å². The number of nitrogens with one attached hydrogen (secondary N) is 1. The molecule has 0 unspecified atom stereocenters. The van der Waals surface area contributed by atoms with Gasteiger partial charge < -0.3 is 19.0 Å². The van der Waals surface area contributed by atoms with Crippen LogP contribution in [0.25, 0.3) is 5.69 Å². The lowest BCUT2D eigenvalue weighted by atomic mass is 10.2. The van der Waals surface area contributed by atoms with Gasteiger partial charge in [0.05, 0.1) is 6.61 Å². The smallest absolute Gasteiger partial charge is 0.287 e. The Morgan fingerprint density at radius 1 is 1.25 bits per heavy atom. The van der Waals surface area contributed by atoms with E-state index in [1.807, 2.05) is 48.9 Å². The first kappa shape index (κ1) is 15.9. The minimum atomic E-state index is -0.268. The zero-order chi connectivity index (χ0) is 16.9. The Bertz CT molecular complexity index is 818. The Balaban J connectivity index is 1.60. The third-order valence-corrected chi connectivity index (χ3v) is 3.59. The summed E-state index contributed by atoms with van der Waals surface area (Å²) in [4.78, 5) is 16.3. The van der Waals surface area contributed by atoms with Gasteiger partial charge in [-0.2, -0.15) is 0 Å². The van der Waals surface area contributed by atoms with Crippen LogP contribution >= 0.6 is 0 Å². The molecule has 0 radical (unpaired) electrons. The Kier molecular flexibility index (Phi) is 4.65. The van der Waals surface area contributed by atoms with Crippen molar-refractivity contribution < 1.29 is 13.9 Å². The molecule has 0 saturated heterocycles. The molecule has 0 fully saturated rings. The molecule has 1 N–H and O–H groups in total. The van der Waals surface area contributed by atoms with Crippen molar-refractivity contribution in [2.75, 3.05) is 6.61 Å². The van der Waals surface area contributed by atoms with Crippen LogP contribution in [0.1, 0.15) is 28.9 Å². The molecule has 6 heteroatoms. The van der Waals surface area contributed by atoms with Gasteiger partial charge in [0.2, 0.25) is 0 Å². The van der Waals surface area contributed by atoms with Gasteiger partial charge >= 0.3 is 0 Å². The summed E-state index contributed by atoms with van der Waals surface area (Å²) in [7, 11) is 0. The first-order chi connectivity index (χ1) is 11.7. The molecule has 0 aliphatic carbocycles. The number of imidazole rings is 1. The Morgan fingerprint density at radius 3 is 2.71 bits per heavy atom. The molecule has 3 aromatic rings. The van der Waals surface area contributed by atoms with Gasteiger partial charge in [0.15, 0.2) is 5.76 Å². The second kappa shape index (κ2) is 7.04. The summed E-state index contributed by atoms with van der Waals surface area (Å²) in [6.07, 6.45) is 3.68. The molecule has 0 atom stereocenters. The molecule has 0 aliphatic heterocycles. The maximum Gasteiger partial charge on any atom is 0.287 e. The van der Waals surface area contributed by atoms with Crippen LogP contribution in [0.5, 0.6) is 5.95 Å². The SMILES string of the molecule is CCOc1ccc(C(=O)NCc2ccc(-n3ccnc3C)cc2)o1. The highest BCUT2D eigenvalue weighted by molar-refractivity contribution is 5.91. The highest BCUT2D eigenvalue weighted by atomic mass is 16.6. The summed E-state index contributed by atoms with van der Waals surface area (Å²) in [6.45, 7) is 4.73. The van der Waals surface area contributed by atoms with Gasteiger partial charge in [-0.25, -0.2) is 4.98 Å². The van der Waals surface area contributed by atoms with Crippen LogP contribution in [0, 0.1) is 6.92 Å². The zero-order valence-electron chi connectivity index (χ0n) is 13.7. The van der Waals surface area contributed by atoms with E-state index in [1.165, 1.54) is 0 Å². The van der Waals surface area contributed by atoms with Crippen molar-refractivity contribution in [2.24, 2.45) is 0 Å². The third-order valence-electron chi connectivity index (χ3n) is 3.59. The van der Waals surface area contributed by atoms with E-state index in [-0.39, 0.29) is 11.7 Å². The molecule has 24 heavy (non-hydrogen) atoms. The van der Waals surface area contributed by atoms with Gasteiger partial charge in [-0.1, -0.05) is 12.1 Å². The average molecular weight is 325 g/mol. The van der Waals surface area contributed by atoms with Crippen LogP contribution in [0.15, 0.2) is 53.2 Å². The number of ether oxygens (including phenoxy) is 1. The summed E-state index contributed by atoms with van der Waals surface area (Å²) >= 11 is 0. The van der Waals surface area contributed by atoms with E-state index >= 15 is 0 Å². The third kappa shape index (κ3) is 3.48. The molecule has 0 bridgehead atoms. The average Bonchev–Trinajstić information content (AvgIpc) is 3.23. The lowest BCUT2D eigenvalue weighted by molar-refractivity contribution is 0.0915. The number of hydrogen-bond acceptors (Lipinski definition) is 4. The highest BCUT2D eigenvalue weighted by Crippen LogP contribution is 2.16. The fourth-order valence-electron chi connectivity index (χ4n) is 2.36. The molecule has 3 rings (SSSR count). The van der Waals surface area contributed by atoms with E-state index in [0.29, 0.717) is 19.1 Å². The van der Waals surface area contributed by atoms with Crippen molar-refractivity contribution in [1.29, 1.82) is 0 Å². The Hall–Kier alpha value is -3.02. The number of carbonyl (C=O) groups is 1. The topological polar surface area (TPSA) is 69.3 Å². The predicted molar refractivity (Wildman–Crippen MR) is 89.3 cm³/mol. The van der Waals surface area contributed by atoms with Crippen LogP contribution < -0.4 is 10.1 Å². The van der Waals surface area contributed by atoms with E-state index in [2.05, 4.69) is 10.3 Å². The number of benzene rings is 1. The van der Waals surface area contributed by atoms with Crippen molar-refractivity contribution in [3.05, 3.63) is 65.9 Å². The molecule has 1 amide bonds. The number of hydrogen-bond donors (Lipinski definition) is 1. The lowest BCUT2D eigenvalue weighted by Gasteiger charge is -2.07. The summed E-state index contributed by atoms with van der Waals surface area (Å²) in [6, 6.07) is 11.2. The molecular formula is C18H19N3O3. The first-order valence-corrected chi connectivity index (χ1v) is 7.77. The van der Waals surface area contributed by atoms with Crippen LogP contribution in [0.2, 0.25) is 0 Å². The molecule has 0 spiro atoms. The van der Waals surface area contributed by atoms with Crippen LogP contribution in [0.3, 0.4) is 0 Å². The number of aryl methyl sites for hydroxylation is 1. The molecule has 0 saturated carbocycles. The van der Waals surface area contributed by atoms with Crippen LogP contribution in [-0.2, 0) is 6.54 Å². The van der Waals surface area contributed by atoms with Crippen LogP contribution in [0.4, 0.5) is 0 Å². The lowest BCUT2D eigenvalue weighted by Crippen LogP contribution is -2.22. The molecule has 124 valence electrons. The number of rotatable bonds is 6. The largest absolute Gasteiger partial charge is 0.465 e. The summed E-state index contributed by atoms with van der Waals surface area (Å²) in [5.74, 6) is 1.25. The molecule has 1 aromatic carbocycles. The number of carbonyl (C=O) groups excluding carboxylic acids is 1. The Morgan fingerprint density at radius 2 is 2.04 bits per heavy atom.